The first-order valence-corrected chi connectivity index (χ1v) is 7.18. The van der Waals surface area contributed by atoms with Crippen molar-refractivity contribution in [3.05, 3.63) is 35.4 Å². The van der Waals surface area contributed by atoms with Crippen molar-refractivity contribution in [2.24, 2.45) is 0 Å². The zero-order valence-corrected chi connectivity index (χ0v) is 13.2. The lowest BCUT2D eigenvalue weighted by Crippen LogP contribution is -2.45. The van der Waals surface area contributed by atoms with Gasteiger partial charge in [0.1, 0.15) is 0 Å². The van der Waals surface area contributed by atoms with Gasteiger partial charge >= 0.3 is 6.03 Å². The molecule has 124 valence electrons. The van der Waals surface area contributed by atoms with E-state index in [-0.39, 0.29) is 31.4 Å². The molecule has 0 saturated heterocycles. The fourth-order valence-electron chi connectivity index (χ4n) is 1.95. The monoisotopic (exact) mass is 334 g/mol. The molecule has 0 saturated carbocycles. The maximum atomic E-state index is 13.5. The summed E-state index contributed by atoms with van der Waals surface area (Å²) in [5.41, 5.74) is 0.0686. The third-order valence-electron chi connectivity index (χ3n) is 3.29. The molecule has 22 heavy (non-hydrogen) atoms. The maximum Gasteiger partial charge on any atom is 0.317 e. The Balaban J connectivity index is 2.60. The van der Waals surface area contributed by atoms with E-state index in [2.05, 4.69) is 18.2 Å². The molecule has 1 aromatic rings. The predicted molar refractivity (Wildman–Crippen MR) is 81.4 cm³/mol. The Hall–Kier alpha value is -1.38. The van der Waals surface area contributed by atoms with Crippen LogP contribution in [0.4, 0.5) is 13.6 Å². The summed E-state index contributed by atoms with van der Waals surface area (Å²) >= 11 is 3.67. The number of likely N-dealkylation sites (N-methyl/N-ethyl adjacent to an activating group) is 1. The minimum Gasteiger partial charge on any atom is -0.396 e. The highest BCUT2D eigenvalue weighted by Crippen LogP contribution is 2.12. The van der Waals surface area contributed by atoms with E-state index in [0.717, 1.165) is 6.07 Å². The Kier molecular flexibility index (Phi) is 8.15. The first-order valence-electron chi connectivity index (χ1n) is 6.82. The van der Waals surface area contributed by atoms with Crippen LogP contribution in [-0.2, 0) is 10.7 Å². The summed E-state index contributed by atoms with van der Waals surface area (Å²) in [6, 6.07) is 3.07. The number of nitrogens with zero attached hydrogens (tertiary/aromatic N) is 1. The van der Waals surface area contributed by atoms with Crippen molar-refractivity contribution in [3.63, 3.8) is 0 Å². The number of hydrogen-bond acceptors (Lipinski definition) is 4. The van der Waals surface area contributed by atoms with Crippen LogP contribution >= 0.6 is 12.9 Å². The molecule has 2 N–H and O–H groups in total. The van der Waals surface area contributed by atoms with E-state index in [4.69, 9.17) is 9.29 Å². The number of rotatable bonds is 8. The van der Waals surface area contributed by atoms with Crippen molar-refractivity contribution < 1.29 is 22.9 Å². The van der Waals surface area contributed by atoms with Crippen molar-refractivity contribution >= 4 is 18.9 Å². The van der Waals surface area contributed by atoms with Crippen molar-refractivity contribution in [3.8, 4) is 0 Å². The molecule has 1 aromatic carbocycles. The average molecular weight is 334 g/mol. The average Bonchev–Trinajstić information content (AvgIpc) is 2.51. The lowest BCUT2D eigenvalue weighted by atomic mass is 10.1. The van der Waals surface area contributed by atoms with Gasteiger partial charge in [-0.15, -0.1) is 0 Å². The van der Waals surface area contributed by atoms with Crippen molar-refractivity contribution in [1.29, 1.82) is 0 Å². The van der Waals surface area contributed by atoms with Gasteiger partial charge in [-0.2, -0.15) is 0 Å². The summed E-state index contributed by atoms with van der Waals surface area (Å²) in [4.78, 5) is 13.4. The van der Waals surface area contributed by atoms with E-state index >= 15 is 0 Å². The number of thiol groups is 1. The molecule has 8 heteroatoms. The molecule has 1 atom stereocenters. The third-order valence-corrected chi connectivity index (χ3v) is 3.44. The molecule has 1 rings (SSSR count). The number of aliphatic hydroxyl groups excluding tert-OH is 1. The maximum absolute atomic E-state index is 13.5. The van der Waals surface area contributed by atoms with E-state index in [0.29, 0.717) is 12.8 Å². The predicted octanol–water partition coefficient (Wildman–Crippen LogP) is 2.11. The number of aliphatic hydroxyl groups is 1. The zero-order chi connectivity index (χ0) is 16.5. The van der Waals surface area contributed by atoms with Crippen molar-refractivity contribution in [2.75, 3.05) is 20.3 Å². The van der Waals surface area contributed by atoms with Gasteiger partial charge in [-0.3, -0.25) is 0 Å². The van der Waals surface area contributed by atoms with Crippen LogP contribution < -0.4 is 5.32 Å². The van der Waals surface area contributed by atoms with Crippen LogP contribution in [0, 0.1) is 11.6 Å². The second-order valence-electron chi connectivity index (χ2n) is 4.80. The Morgan fingerprint density at radius 3 is 2.86 bits per heavy atom. The molecule has 0 aliphatic rings. The SMILES string of the molecule is CN(C(=O)NCc1cccc(F)c1F)[C@@H](CCCO)COS. The van der Waals surface area contributed by atoms with E-state index in [1.54, 1.807) is 7.05 Å². The zero-order valence-electron chi connectivity index (χ0n) is 12.3. The van der Waals surface area contributed by atoms with Crippen molar-refractivity contribution in [2.45, 2.75) is 25.4 Å². The molecule has 0 unspecified atom stereocenters. The molecular weight excluding hydrogens is 314 g/mol. The standard InChI is InChI=1S/C14H20F2N2O3S/c1-18(11(9-21-22)5-3-7-19)14(20)17-8-10-4-2-6-12(15)13(10)16/h2,4,6,11,19,22H,3,5,7-9H2,1H3,(H,17,20)/t11-/m0/s1. The number of halogens is 2. The van der Waals surface area contributed by atoms with Gasteiger partial charge in [0.2, 0.25) is 0 Å². The van der Waals surface area contributed by atoms with Crippen LogP contribution in [-0.4, -0.2) is 42.3 Å². The number of carbonyl (C=O) groups excluding carboxylic acids is 1. The minimum atomic E-state index is -0.971. The molecule has 0 fully saturated rings. The van der Waals surface area contributed by atoms with Gasteiger partial charge in [0.15, 0.2) is 11.6 Å². The van der Waals surface area contributed by atoms with Crippen molar-refractivity contribution in [1.82, 2.24) is 10.2 Å². The van der Waals surface area contributed by atoms with Gasteiger partial charge in [0.05, 0.1) is 12.6 Å². The normalized spacial score (nSPS) is 12.0. The quantitative estimate of drug-likeness (QED) is 0.504. The van der Waals surface area contributed by atoms with Crippen LogP contribution in [0.3, 0.4) is 0 Å². The Bertz CT molecular complexity index is 491. The number of carbonyl (C=O) groups is 1. The van der Waals surface area contributed by atoms with Gasteiger partial charge in [0.25, 0.3) is 0 Å². The van der Waals surface area contributed by atoms with E-state index < -0.39 is 17.7 Å². The van der Waals surface area contributed by atoms with E-state index in [9.17, 15) is 13.6 Å². The topological polar surface area (TPSA) is 61.8 Å². The van der Waals surface area contributed by atoms with Crippen LogP contribution in [0.1, 0.15) is 18.4 Å². The van der Waals surface area contributed by atoms with Gasteiger partial charge < -0.3 is 19.5 Å². The lowest BCUT2D eigenvalue weighted by Gasteiger charge is -2.27. The summed E-state index contributed by atoms with van der Waals surface area (Å²) in [7, 11) is 1.56. The van der Waals surface area contributed by atoms with Crippen LogP contribution in [0.15, 0.2) is 18.2 Å². The van der Waals surface area contributed by atoms with Gasteiger partial charge in [0, 0.05) is 25.8 Å². The largest absolute Gasteiger partial charge is 0.396 e. The van der Waals surface area contributed by atoms with Crippen LogP contribution in [0.2, 0.25) is 0 Å². The van der Waals surface area contributed by atoms with Crippen LogP contribution in [0.25, 0.3) is 0 Å². The number of nitrogens with one attached hydrogen (secondary N) is 1. The minimum absolute atomic E-state index is 0.00698. The molecule has 0 radical (unpaired) electrons. The summed E-state index contributed by atoms with van der Waals surface area (Å²) in [6.07, 6.45) is 1.05. The molecule has 0 aliphatic heterocycles. The van der Waals surface area contributed by atoms with E-state index in [1.165, 1.54) is 17.0 Å². The molecule has 5 nitrogen and oxygen atoms in total. The first-order chi connectivity index (χ1) is 10.5. The Labute approximate surface area is 133 Å². The summed E-state index contributed by atoms with van der Waals surface area (Å²) < 4.78 is 31.3. The summed E-state index contributed by atoms with van der Waals surface area (Å²) in [6.45, 7) is 0.0790. The first kappa shape index (κ1) is 18.7. The van der Waals surface area contributed by atoms with Crippen LogP contribution in [0.5, 0.6) is 0 Å². The van der Waals surface area contributed by atoms with Gasteiger partial charge in [-0.1, -0.05) is 12.1 Å². The smallest absolute Gasteiger partial charge is 0.317 e. The number of amides is 2. The number of urea groups is 1. The lowest BCUT2D eigenvalue weighted by molar-refractivity contribution is 0.155. The second kappa shape index (κ2) is 9.60. The number of benzene rings is 1. The van der Waals surface area contributed by atoms with Gasteiger partial charge in [-0.25, -0.2) is 13.6 Å². The highest BCUT2D eigenvalue weighted by atomic mass is 32.1. The Morgan fingerprint density at radius 2 is 2.23 bits per heavy atom. The van der Waals surface area contributed by atoms with E-state index in [1.807, 2.05) is 0 Å². The number of hydrogen-bond donors (Lipinski definition) is 3. The molecule has 0 heterocycles. The second-order valence-corrected chi connectivity index (χ2v) is 5.06. The highest BCUT2D eigenvalue weighted by molar-refractivity contribution is 7.75. The Morgan fingerprint density at radius 1 is 1.50 bits per heavy atom. The fourth-order valence-corrected chi connectivity index (χ4v) is 2.12. The fraction of sp³-hybridized carbons (Fsp3) is 0.500. The summed E-state index contributed by atoms with van der Waals surface area (Å²) in [5, 5.41) is 11.4. The molecule has 2 amide bonds. The molecule has 0 aromatic heterocycles. The highest BCUT2D eigenvalue weighted by Gasteiger charge is 2.20. The summed E-state index contributed by atoms with van der Waals surface area (Å²) in [5.74, 6) is -1.93. The molecular formula is C14H20F2N2O3S. The third kappa shape index (κ3) is 5.43. The molecule has 0 spiro atoms. The molecule has 0 aliphatic carbocycles. The van der Waals surface area contributed by atoms with Gasteiger partial charge in [-0.05, 0) is 31.8 Å². The molecule has 0 bridgehead atoms.